The van der Waals surface area contributed by atoms with E-state index in [1.54, 1.807) is 6.07 Å². The largest absolute Gasteiger partial charge is 0.295 e. The molecule has 1 heterocycles. The molecule has 0 aliphatic heterocycles. The summed E-state index contributed by atoms with van der Waals surface area (Å²) in [6, 6.07) is 12.7. The number of pyridine rings is 1. The Morgan fingerprint density at radius 2 is 1.78 bits per heavy atom. The number of nitro groups is 1. The van der Waals surface area contributed by atoms with Crippen molar-refractivity contribution in [1.82, 2.24) is 4.98 Å². The van der Waals surface area contributed by atoms with Crippen LogP contribution in [0, 0.1) is 17.0 Å². The molecule has 0 spiro atoms. The van der Waals surface area contributed by atoms with Crippen LogP contribution >= 0.6 is 0 Å². The second-order valence-electron chi connectivity index (χ2n) is 4.18. The van der Waals surface area contributed by atoms with Crippen LogP contribution in [0.25, 0.3) is 21.8 Å². The van der Waals surface area contributed by atoms with Gasteiger partial charge in [-0.2, -0.15) is 0 Å². The van der Waals surface area contributed by atoms with E-state index in [4.69, 9.17) is 0 Å². The van der Waals surface area contributed by atoms with Crippen molar-refractivity contribution >= 4 is 27.5 Å². The van der Waals surface area contributed by atoms with Crippen molar-refractivity contribution in [3.05, 3.63) is 58.1 Å². The normalized spacial score (nSPS) is 10.9. The third-order valence-corrected chi connectivity index (χ3v) is 3.16. The van der Waals surface area contributed by atoms with Crippen LogP contribution in [-0.4, -0.2) is 9.91 Å². The number of benzene rings is 2. The molecule has 3 rings (SSSR count). The number of hydrogen-bond donors (Lipinski definition) is 0. The first-order valence-electron chi connectivity index (χ1n) is 5.61. The molecule has 0 radical (unpaired) electrons. The number of aromatic nitrogens is 1. The minimum atomic E-state index is -0.385. The Balaban J connectivity index is 2.55. The summed E-state index contributed by atoms with van der Waals surface area (Å²) in [5.41, 5.74) is 2.33. The van der Waals surface area contributed by atoms with E-state index in [1.165, 1.54) is 6.07 Å². The van der Waals surface area contributed by atoms with Gasteiger partial charge in [0.1, 0.15) is 5.52 Å². The number of hydrogen-bond acceptors (Lipinski definition) is 3. The molecule has 0 saturated heterocycles. The summed E-state index contributed by atoms with van der Waals surface area (Å²) in [4.78, 5) is 15.1. The molecular weight excluding hydrogens is 228 g/mol. The van der Waals surface area contributed by atoms with E-state index in [2.05, 4.69) is 4.98 Å². The lowest BCUT2D eigenvalue weighted by molar-refractivity contribution is -0.383. The number of fused-ring (bicyclic) bond motifs is 2. The third-order valence-electron chi connectivity index (χ3n) is 3.16. The Hall–Kier alpha value is -2.49. The monoisotopic (exact) mass is 238 g/mol. The summed E-state index contributed by atoms with van der Waals surface area (Å²) < 4.78 is 0. The van der Waals surface area contributed by atoms with Crippen molar-refractivity contribution in [3.8, 4) is 0 Å². The van der Waals surface area contributed by atoms with Crippen LogP contribution in [0.1, 0.15) is 5.56 Å². The Bertz CT molecular complexity index is 781. The molecule has 0 amide bonds. The van der Waals surface area contributed by atoms with Crippen LogP contribution < -0.4 is 0 Å². The number of rotatable bonds is 1. The minimum absolute atomic E-state index is 0.0568. The van der Waals surface area contributed by atoms with Gasteiger partial charge in [-0.3, -0.25) is 10.1 Å². The van der Waals surface area contributed by atoms with E-state index in [-0.39, 0.29) is 10.6 Å². The van der Waals surface area contributed by atoms with Crippen LogP contribution in [0.5, 0.6) is 0 Å². The van der Waals surface area contributed by atoms with Gasteiger partial charge in [-0.15, -0.1) is 0 Å². The van der Waals surface area contributed by atoms with Gasteiger partial charge in [0.15, 0.2) is 0 Å². The number of non-ortho nitro benzene ring substituents is 1. The van der Waals surface area contributed by atoms with Crippen LogP contribution in [0.15, 0.2) is 42.5 Å². The summed E-state index contributed by atoms with van der Waals surface area (Å²) in [6.45, 7) is 1.97. The molecule has 88 valence electrons. The zero-order valence-electron chi connectivity index (χ0n) is 9.75. The molecule has 0 fully saturated rings. The molecule has 0 saturated carbocycles. The second-order valence-corrected chi connectivity index (χ2v) is 4.18. The van der Waals surface area contributed by atoms with Crippen molar-refractivity contribution in [2.45, 2.75) is 6.92 Å². The Morgan fingerprint density at radius 3 is 2.56 bits per heavy atom. The SMILES string of the molecule is Cc1c2ccccc2nc2c([N+](=O)[O-])cccc12. The fraction of sp³-hybridized carbons (Fsp3) is 0.0714. The van der Waals surface area contributed by atoms with Gasteiger partial charge in [0.2, 0.25) is 0 Å². The predicted molar refractivity (Wildman–Crippen MR) is 70.6 cm³/mol. The quantitative estimate of drug-likeness (QED) is 0.369. The van der Waals surface area contributed by atoms with Crippen LogP contribution in [0.4, 0.5) is 5.69 Å². The third kappa shape index (κ3) is 1.43. The molecule has 0 aliphatic carbocycles. The molecule has 3 aromatic rings. The summed E-state index contributed by atoms with van der Waals surface area (Å²) >= 11 is 0. The Labute approximate surface area is 103 Å². The summed E-state index contributed by atoms with van der Waals surface area (Å²) in [5, 5.41) is 12.9. The first-order chi connectivity index (χ1) is 8.68. The first-order valence-corrected chi connectivity index (χ1v) is 5.61. The lowest BCUT2D eigenvalue weighted by Gasteiger charge is -2.06. The minimum Gasteiger partial charge on any atom is -0.258 e. The molecule has 0 aliphatic rings. The van der Waals surface area contributed by atoms with E-state index >= 15 is 0 Å². The fourth-order valence-electron chi connectivity index (χ4n) is 2.25. The summed E-state index contributed by atoms with van der Waals surface area (Å²) in [7, 11) is 0. The van der Waals surface area contributed by atoms with Gasteiger partial charge in [0.05, 0.1) is 10.4 Å². The van der Waals surface area contributed by atoms with E-state index in [0.717, 1.165) is 21.9 Å². The topological polar surface area (TPSA) is 56.0 Å². The highest BCUT2D eigenvalue weighted by Crippen LogP contribution is 2.30. The highest BCUT2D eigenvalue weighted by molar-refractivity contribution is 6.00. The van der Waals surface area contributed by atoms with Crippen LogP contribution in [0.3, 0.4) is 0 Å². The van der Waals surface area contributed by atoms with Gasteiger partial charge < -0.3 is 0 Å². The zero-order chi connectivity index (χ0) is 12.7. The van der Waals surface area contributed by atoms with Gasteiger partial charge in [-0.05, 0) is 18.6 Å². The van der Waals surface area contributed by atoms with E-state index in [1.807, 2.05) is 37.3 Å². The summed E-state index contributed by atoms with van der Waals surface area (Å²) in [5.74, 6) is 0. The highest BCUT2D eigenvalue weighted by Gasteiger charge is 2.15. The van der Waals surface area contributed by atoms with Gasteiger partial charge >= 0.3 is 0 Å². The molecular formula is C14H10N2O2. The maximum absolute atomic E-state index is 11.0. The molecule has 0 bridgehead atoms. The standard InChI is InChI=1S/C14H10N2O2/c1-9-10-5-2-3-7-12(10)15-14-11(9)6-4-8-13(14)16(17)18/h2-8H,1H3. The van der Waals surface area contributed by atoms with Crippen LogP contribution in [-0.2, 0) is 0 Å². The number of nitro benzene ring substituents is 1. The molecule has 1 aromatic heterocycles. The average Bonchev–Trinajstić information content (AvgIpc) is 2.38. The first kappa shape index (κ1) is 10.7. The summed E-state index contributed by atoms with van der Waals surface area (Å²) in [6.07, 6.45) is 0. The van der Waals surface area contributed by atoms with E-state index < -0.39 is 0 Å². The van der Waals surface area contributed by atoms with Gasteiger partial charge in [0, 0.05) is 16.8 Å². The Kier molecular flexibility index (Phi) is 2.23. The molecule has 4 heteroatoms. The average molecular weight is 238 g/mol. The number of nitrogens with zero attached hydrogens (tertiary/aromatic N) is 2. The maximum Gasteiger partial charge on any atom is 0.295 e. The van der Waals surface area contributed by atoms with Crippen molar-refractivity contribution < 1.29 is 4.92 Å². The van der Waals surface area contributed by atoms with Gasteiger partial charge in [-0.1, -0.05) is 30.3 Å². The van der Waals surface area contributed by atoms with Crippen LogP contribution in [0.2, 0.25) is 0 Å². The lowest BCUT2D eigenvalue weighted by Crippen LogP contribution is -1.94. The van der Waals surface area contributed by atoms with Crippen molar-refractivity contribution in [2.75, 3.05) is 0 Å². The maximum atomic E-state index is 11.0. The van der Waals surface area contributed by atoms with Crippen molar-refractivity contribution in [3.63, 3.8) is 0 Å². The van der Waals surface area contributed by atoms with Crippen molar-refractivity contribution in [1.29, 1.82) is 0 Å². The number of para-hydroxylation sites is 2. The fourth-order valence-corrected chi connectivity index (χ4v) is 2.25. The second kappa shape index (κ2) is 3.77. The van der Waals surface area contributed by atoms with Gasteiger partial charge in [0.25, 0.3) is 5.69 Å². The molecule has 0 unspecified atom stereocenters. The molecule has 0 N–H and O–H groups in total. The molecule has 2 aromatic carbocycles. The van der Waals surface area contributed by atoms with Gasteiger partial charge in [-0.25, -0.2) is 4.98 Å². The van der Waals surface area contributed by atoms with Crippen molar-refractivity contribution in [2.24, 2.45) is 0 Å². The van der Waals surface area contributed by atoms with E-state index in [9.17, 15) is 10.1 Å². The number of aryl methyl sites for hydroxylation is 1. The predicted octanol–water partition coefficient (Wildman–Crippen LogP) is 3.60. The zero-order valence-corrected chi connectivity index (χ0v) is 9.75. The molecule has 4 nitrogen and oxygen atoms in total. The van der Waals surface area contributed by atoms with E-state index in [0.29, 0.717) is 5.52 Å². The lowest BCUT2D eigenvalue weighted by atomic mass is 10.0. The molecule has 0 atom stereocenters. The smallest absolute Gasteiger partial charge is 0.258 e. The molecule has 18 heavy (non-hydrogen) atoms. The Morgan fingerprint density at radius 1 is 1.06 bits per heavy atom. The highest BCUT2D eigenvalue weighted by atomic mass is 16.6.